The minimum atomic E-state index is -1.13. The molecule has 210 valence electrons. The van der Waals surface area contributed by atoms with Crippen LogP contribution in [0.3, 0.4) is 0 Å². The molecule has 39 heavy (non-hydrogen) atoms. The number of halogens is 3. The molecule has 1 aromatic carbocycles. The summed E-state index contributed by atoms with van der Waals surface area (Å²) in [5.41, 5.74) is 3.05. The zero-order valence-corrected chi connectivity index (χ0v) is 22.4. The van der Waals surface area contributed by atoms with Gasteiger partial charge in [0.25, 0.3) is 0 Å². The Balaban J connectivity index is 0.000000519. The second-order valence-electron chi connectivity index (χ2n) is 10.3. The van der Waals surface area contributed by atoms with Crippen LogP contribution in [0.1, 0.15) is 37.3 Å². The number of carbonyl (C=O) groups excluding carboxylic acids is 1. The van der Waals surface area contributed by atoms with Crippen LogP contribution in [0.15, 0.2) is 36.9 Å². The summed E-state index contributed by atoms with van der Waals surface area (Å²) in [6.45, 7) is 6.48. The topological polar surface area (TPSA) is 95.3 Å². The Hall–Kier alpha value is -3.44. The molecule has 3 heterocycles. The van der Waals surface area contributed by atoms with Crippen molar-refractivity contribution in [2.45, 2.75) is 64.4 Å². The molecule has 2 aromatic heterocycles. The number of imidazole rings is 1. The van der Waals surface area contributed by atoms with Crippen molar-refractivity contribution in [2.75, 3.05) is 25.0 Å². The smallest absolute Gasteiger partial charge is 0.222 e. The molecule has 8 nitrogen and oxygen atoms in total. The van der Waals surface area contributed by atoms with Crippen molar-refractivity contribution in [3.8, 4) is 16.9 Å². The molecule has 1 amide bonds. The number of benzene rings is 1. The van der Waals surface area contributed by atoms with Gasteiger partial charge in [-0.05, 0) is 69.4 Å². The van der Waals surface area contributed by atoms with Gasteiger partial charge in [0.2, 0.25) is 12.4 Å². The molecule has 0 bridgehead atoms. The molecular weight excluding hydrogens is 509 g/mol. The van der Waals surface area contributed by atoms with E-state index in [2.05, 4.69) is 20.6 Å². The lowest BCUT2D eigenvalue weighted by Gasteiger charge is -2.36. The summed E-state index contributed by atoms with van der Waals surface area (Å²) in [6, 6.07) is 4.85. The van der Waals surface area contributed by atoms with E-state index in [-0.39, 0.29) is 17.9 Å². The van der Waals surface area contributed by atoms with Crippen LogP contribution in [0.4, 0.5) is 18.9 Å². The summed E-state index contributed by atoms with van der Waals surface area (Å²) in [5.74, 6) is -0.963. The zero-order valence-electron chi connectivity index (χ0n) is 22.4. The Morgan fingerprint density at radius 2 is 1.92 bits per heavy atom. The highest BCUT2D eigenvalue weighted by atomic mass is 19.1. The second-order valence-corrected chi connectivity index (χ2v) is 10.3. The van der Waals surface area contributed by atoms with Crippen LogP contribution in [-0.4, -0.2) is 74.9 Å². The molecule has 3 N–H and O–H groups in total. The fourth-order valence-electron chi connectivity index (χ4n) is 4.57. The lowest BCUT2D eigenvalue weighted by Crippen LogP contribution is -2.49. The van der Waals surface area contributed by atoms with Gasteiger partial charge in [0.15, 0.2) is 0 Å². The van der Waals surface area contributed by atoms with Crippen molar-refractivity contribution in [3.63, 3.8) is 0 Å². The van der Waals surface area contributed by atoms with Gasteiger partial charge in [-0.15, -0.1) is 0 Å². The maximum absolute atomic E-state index is 14.7. The van der Waals surface area contributed by atoms with Gasteiger partial charge in [0.1, 0.15) is 12.0 Å². The zero-order chi connectivity index (χ0) is 28.1. The quantitative estimate of drug-likeness (QED) is 0.294. The molecule has 2 fully saturated rings. The van der Waals surface area contributed by atoms with Crippen LogP contribution in [0, 0.1) is 25.6 Å². The molecule has 11 heteroatoms. The Kier molecular flexibility index (Phi) is 9.24. The summed E-state index contributed by atoms with van der Waals surface area (Å²) < 4.78 is 44.8. The number of anilines is 1. The Bertz CT molecular complexity index is 1280. The van der Waals surface area contributed by atoms with E-state index in [4.69, 9.17) is 0 Å². The SMILES string of the molecule is Cc1cc(-n2cnc(-c3cc(NC4CCN(CC(C)O)CC4F)cnc3F)c2)c(C)cc1F.O=CNC1CC1. The van der Waals surface area contributed by atoms with E-state index in [1.165, 1.54) is 25.1 Å². The second kappa shape index (κ2) is 12.6. The molecule has 3 atom stereocenters. The number of pyridine rings is 1. The molecule has 3 aromatic rings. The highest BCUT2D eigenvalue weighted by Gasteiger charge is 2.30. The third-order valence-corrected chi connectivity index (χ3v) is 6.83. The van der Waals surface area contributed by atoms with E-state index < -0.39 is 24.3 Å². The van der Waals surface area contributed by atoms with E-state index in [1.54, 1.807) is 50.0 Å². The fraction of sp³-hybridized carbons (Fsp3) is 0.464. The molecule has 1 saturated heterocycles. The number of nitrogens with zero attached hydrogens (tertiary/aromatic N) is 4. The monoisotopic (exact) mass is 544 g/mol. The number of aliphatic hydroxyl groups excluding tert-OH is 1. The number of nitrogens with one attached hydrogen (secondary N) is 2. The average Bonchev–Trinajstić information content (AvgIpc) is 3.57. The van der Waals surface area contributed by atoms with Gasteiger partial charge in [0.05, 0.1) is 41.6 Å². The maximum atomic E-state index is 14.7. The van der Waals surface area contributed by atoms with E-state index in [0.717, 1.165) is 17.7 Å². The molecule has 2 aliphatic rings. The molecule has 0 radical (unpaired) electrons. The number of hydrogen-bond acceptors (Lipinski definition) is 6. The number of hydrogen-bond donors (Lipinski definition) is 3. The van der Waals surface area contributed by atoms with Crippen molar-refractivity contribution in [1.82, 2.24) is 24.8 Å². The lowest BCUT2D eigenvalue weighted by molar-refractivity contribution is -0.109. The first-order chi connectivity index (χ1) is 18.6. The van der Waals surface area contributed by atoms with Crippen LogP contribution in [0.25, 0.3) is 16.9 Å². The average molecular weight is 545 g/mol. The Morgan fingerprint density at radius 1 is 1.15 bits per heavy atom. The van der Waals surface area contributed by atoms with Gasteiger partial charge >= 0.3 is 0 Å². The van der Waals surface area contributed by atoms with Crippen LogP contribution in [-0.2, 0) is 4.79 Å². The summed E-state index contributed by atoms with van der Waals surface area (Å²) >= 11 is 0. The van der Waals surface area contributed by atoms with Crippen molar-refractivity contribution in [1.29, 1.82) is 0 Å². The lowest BCUT2D eigenvalue weighted by atomic mass is 10.0. The molecule has 0 spiro atoms. The largest absolute Gasteiger partial charge is 0.392 e. The highest BCUT2D eigenvalue weighted by molar-refractivity contribution is 5.64. The van der Waals surface area contributed by atoms with Crippen LogP contribution in [0.5, 0.6) is 0 Å². The number of carbonyl (C=O) groups is 1. The molecule has 1 aliphatic carbocycles. The van der Waals surface area contributed by atoms with Gasteiger partial charge in [-0.25, -0.2) is 18.7 Å². The first-order valence-electron chi connectivity index (χ1n) is 13.1. The number of aryl methyl sites for hydroxylation is 2. The first-order valence-corrected chi connectivity index (χ1v) is 13.1. The number of likely N-dealkylation sites (tertiary alicyclic amines) is 1. The van der Waals surface area contributed by atoms with Crippen LogP contribution in [0.2, 0.25) is 0 Å². The summed E-state index contributed by atoms with van der Waals surface area (Å²) in [7, 11) is 0. The van der Waals surface area contributed by atoms with Crippen molar-refractivity contribution >= 4 is 12.1 Å². The van der Waals surface area contributed by atoms with Crippen molar-refractivity contribution < 1.29 is 23.1 Å². The number of aromatic nitrogens is 3. The Labute approximate surface area is 226 Å². The van der Waals surface area contributed by atoms with Gasteiger partial charge in [-0.1, -0.05) is 0 Å². The summed E-state index contributed by atoms with van der Waals surface area (Å²) in [6.07, 6.45) is 6.59. The standard InChI is InChI=1S/C24H28F3N5O.C4H7NO/c1-14-7-23(15(2)6-19(14)25)32-12-22(29-13-32)18-8-17(9-28-24(18)27)30-21-4-5-31(10-16(3)33)11-20(21)26;6-3-5-4-1-2-4/h6-9,12-13,16,20-21,30,33H,4-5,10-11H2,1-3H3;3-4H,1-2H2,(H,5,6). The molecular formula is C28H35F3N6O2. The summed E-state index contributed by atoms with van der Waals surface area (Å²) in [5, 5.41) is 15.3. The van der Waals surface area contributed by atoms with Crippen molar-refractivity contribution in [3.05, 3.63) is 59.8 Å². The third kappa shape index (κ3) is 7.57. The number of piperidine rings is 1. The maximum Gasteiger partial charge on any atom is 0.222 e. The molecule has 1 saturated carbocycles. The molecule has 1 aliphatic heterocycles. The highest BCUT2D eigenvalue weighted by Crippen LogP contribution is 2.27. The number of aliphatic hydroxyl groups is 1. The number of rotatable bonds is 8. The van der Waals surface area contributed by atoms with Crippen LogP contribution < -0.4 is 10.6 Å². The predicted molar refractivity (Wildman–Crippen MR) is 143 cm³/mol. The number of amides is 1. The van der Waals surface area contributed by atoms with Crippen LogP contribution >= 0.6 is 0 Å². The normalized spacial score (nSPS) is 20.1. The number of alkyl halides is 1. The van der Waals surface area contributed by atoms with E-state index in [1.807, 2.05) is 4.90 Å². The van der Waals surface area contributed by atoms with Gasteiger partial charge in [-0.2, -0.15) is 4.39 Å². The summed E-state index contributed by atoms with van der Waals surface area (Å²) in [4.78, 5) is 19.6. The molecule has 5 rings (SSSR count). The van der Waals surface area contributed by atoms with Crippen molar-refractivity contribution in [2.24, 2.45) is 0 Å². The Morgan fingerprint density at radius 3 is 2.56 bits per heavy atom. The van der Waals surface area contributed by atoms with Gasteiger partial charge in [0, 0.05) is 37.6 Å². The predicted octanol–water partition coefficient (Wildman–Crippen LogP) is 3.93. The van der Waals surface area contributed by atoms with E-state index >= 15 is 0 Å². The minimum Gasteiger partial charge on any atom is -0.392 e. The fourth-order valence-corrected chi connectivity index (χ4v) is 4.57. The van der Waals surface area contributed by atoms with Gasteiger partial charge in [-0.3, -0.25) is 9.69 Å². The molecule has 3 unspecified atom stereocenters. The first kappa shape index (κ1) is 28.6. The van der Waals surface area contributed by atoms with E-state index in [9.17, 15) is 23.1 Å². The van der Waals surface area contributed by atoms with E-state index in [0.29, 0.717) is 42.5 Å². The van der Waals surface area contributed by atoms with Gasteiger partial charge < -0.3 is 20.3 Å². The number of β-amino-alcohol motifs (C(OH)–C–C–N with tert-alkyl or cyclic N) is 1. The minimum absolute atomic E-state index is 0.192. The third-order valence-electron chi connectivity index (χ3n) is 6.83.